The first-order valence-corrected chi connectivity index (χ1v) is 11.0. The van der Waals surface area contributed by atoms with E-state index in [4.69, 9.17) is 20.6 Å². The third kappa shape index (κ3) is 3.30. The van der Waals surface area contributed by atoms with E-state index in [1.807, 2.05) is 49.4 Å². The summed E-state index contributed by atoms with van der Waals surface area (Å²) in [6.45, 7) is 6.55. The molecule has 3 heteroatoms. The monoisotopic (exact) mass is 453 g/mol. The van der Waals surface area contributed by atoms with Crippen LogP contribution in [0.2, 0.25) is 0 Å². The number of benzene rings is 3. The molecule has 1 atom stereocenters. The Hall–Kier alpha value is -3.90. The zero-order valence-electron chi connectivity index (χ0n) is 27.5. The molecule has 2 aromatic heterocycles. The lowest BCUT2D eigenvalue weighted by atomic mass is 9.93. The van der Waals surface area contributed by atoms with E-state index >= 15 is 0 Å². The van der Waals surface area contributed by atoms with Gasteiger partial charge in [-0.2, -0.15) is 4.57 Å². The molecule has 0 fully saturated rings. The highest BCUT2D eigenvalue weighted by atomic mass is 16.3. The van der Waals surface area contributed by atoms with Crippen molar-refractivity contribution in [2.75, 3.05) is 0 Å². The summed E-state index contributed by atoms with van der Waals surface area (Å²) in [4.78, 5) is 3.67. The molecule has 1 unspecified atom stereocenters. The molecule has 0 spiro atoms. The summed E-state index contributed by atoms with van der Waals surface area (Å²) in [7, 11) is 1.63. The Balaban J connectivity index is 1.97. The van der Waals surface area contributed by atoms with Crippen LogP contribution >= 0.6 is 0 Å². The molecule has 0 saturated carbocycles. The molecule has 5 aromatic rings. The summed E-state index contributed by atoms with van der Waals surface area (Å²) in [6.07, 6.45) is 0. The zero-order valence-corrected chi connectivity index (χ0v) is 19.5. The first kappa shape index (κ1) is 14.4. The van der Waals surface area contributed by atoms with Gasteiger partial charge in [0, 0.05) is 44.5 Å². The summed E-state index contributed by atoms with van der Waals surface area (Å²) in [5, 5.41) is 1.40. The van der Waals surface area contributed by atoms with E-state index in [0.717, 1.165) is 18.1 Å². The number of nitrogens with zero attached hydrogens (tertiary/aromatic N) is 2. The third-order valence-corrected chi connectivity index (χ3v) is 6.45. The van der Waals surface area contributed by atoms with Crippen LogP contribution in [-0.2, 0) is 7.05 Å². The minimum atomic E-state index is -2.91. The van der Waals surface area contributed by atoms with Gasteiger partial charge in [0.2, 0.25) is 5.69 Å². The van der Waals surface area contributed by atoms with E-state index in [1.165, 1.54) is 0 Å². The van der Waals surface area contributed by atoms with Crippen LogP contribution in [0.15, 0.2) is 65.1 Å². The van der Waals surface area contributed by atoms with E-state index in [9.17, 15) is 1.37 Å². The molecule has 5 rings (SSSR count). The van der Waals surface area contributed by atoms with Gasteiger partial charge >= 0.3 is 0 Å². The lowest BCUT2D eigenvalue weighted by molar-refractivity contribution is -0.667. The minimum Gasteiger partial charge on any atom is -0.455 e. The van der Waals surface area contributed by atoms with Crippen LogP contribution in [0.3, 0.4) is 0 Å². The summed E-state index contributed by atoms with van der Waals surface area (Å²) < 4.78 is 75.3. The van der Waals surface area contributed by atoms with Gasteiger partial charge < -0.3 is 4.42 Å². The molecule has 0 aliphatic carbocycles. The molecule has 0 bridgehead atoms. The second-order valence-corrected chi connectivity index (χ2v) is 8.58. The zero-order chi connectivity index (χ0) is 30.9. The predicted molar refractivity (Wildman–Crippen MR) is 140 cm³/mol. The van der Waals surface area contributed by atoms with Crippen molar-refractivity contribution in [3.05, 3.63) is 94.4 Å². The Bertz CT molecular complexity index is 1930. The number of hydrogen-bond acceptors (Lipinski definition) is 1. The summed E-state index contributed by atoms with van der Waals surface area (Å²) >= 11 is 0. The van der Waals surface area contributed by atoms with Crippen molar-refractivity contribution in [2.24, 2.45) is 7.05 Å². The fourth-order valence-corrected chi connectivity index (χ4v) is 4.51. The van der Waals surface area contributed by atoms with Crippen molar-refractivity contribution in [2.45, 2.75) is 40.4 Å². The number of hydrogen-bond donors (Lipinski definition) is 0. The summed E-state index contributed by atoms with van der Waals surface area (Å²) in [5.41, 5.74) is 3.99. The van der Waals surface area contributed by atoms with Crippen LogP contribution in [0.4, 0.5) is 5.69 Å². The highest BCUT2D eigenvalue weighted by molar-refractivity contribution is 6.14. The lowest BCUT2D eigenvalue weighted by Gasteiger charge is -2.14. The van der Waals surface area contributed by atoms with E-state index in [0.29, 0.717) is 38.8 Å². The number of rotatable bonds is 3. The second kappa shape index (κ2) is 8.15. The number of pyridine rings is 1. The number of furan rings is 1. The molecule has 3 nitrogen and oxygen atoms in total. The Labute approximate surface area is 212 Å². The van der Waals surface area contributed by atoms with Crippen molar-refractivity contribution in [3.8, 4) is 22.4 Å². The van der Waals surface area contributed by atoms with Gasteiger partial charge in [0.05, 0.1) is 13.5 Å². The second-order valence-electron chi connectivity index (χ2n) is 8.58. The molecule has 0 aliphatic rings. The van der Waals surface area contributed by atoms with Crippen LogP contribution in [0.25, 0.3) is 49.2 Å². The third-order valence-electron chi connectivity index (χ3n) is 6.45. The van der Waals surface area contributed by atoms with Crippen molar-refractivity contribution in [3.63, 3.8) is 0 Å². The molecule has 0 saturated heterocycles. The Morgan fingerprint density at radius 2 is 1.88 bits per heavy atom. The van der Waals surface area contributed by atoms with Crippen LogP contribution in [0.5, 0.6) is 0 Å². The fourth-order valence-electron chi connectivity index (χ4n) is 4.51. The van der Waals surface area contributed by atoms with Gasteiger partial charge in [0.25, 0.3) is 0 Å². The minimum absolute atomic E-state index is 0.228. The standard InChI is InChI=1S/C31H29N2O/c1-18(2)25-17-28(33(7)21(5)20(25)4)29-19(3)13-14-24-27-16-23(32-6)15-26(30(27)34-31(24)29)22-11-9-8-10-12-22/h8-18H,1-5,7H3/q+1/i1D3,4D3,17D,18D. The van der Waals surface area contributed by atoms with E-state index in [1.54, 1.807) is 30.7 Å². The van der Waals surface area contributed by atoms with Gasteiger partial charge in [-0.15, -0.1) is 0 Å². The van der Waals surface area contributed by atoms with E-state index in [2.05, 4.69) is 4.85 Å². The lowest BCUT2D eigenvalue weighted by Crippen LogP contribution is -2.36. The number of aryl methyl sites for hydroxylation is 1. The Morgan fingerprint density at radius 3 is 2.59 bits per heavy atom. The van der Waals surface area contributed by atoms with Gasteiger partial charge in [0.1, 0.15) is 18.2 Å². The van der Waals surface area contributed by atoms with Crippen molar-refractivity contribution < 1.29 is 20.0 Å². The van der Waals surface area contributed by atoms with Crippen LogP contribution < -0.4 is 4.57 Å². The molecule has 2 heterocycles. The molecule has 0 aliphatic heterocycles. The highest BCUT2D eigenvalue weighted by Gasteiger charge is 2.26. The van der Waals surface area contributed by atoms with Gasteiger partial charge in [-0.05, 0) is 48.5 Å². The van der Waals surface area contributed by atoms with Gasteiger partial charge in [0.15, 0.2) is 11.4 Å². The maximum Gasteiger partial charge on any atom is 0.216 e. The Kier molecular flexibility index (Phi) is 3.45. The average Bonchev–Trinajstić information content (AvgIpc) is 3.28. The van der Waals surface area contributed by atoms with Crippen molar-refractivity contribution in [1.29, 1.82) is 0 Å². The first-order valence-electron chi connectivity index (χ1n) is 15.0. The SMILES string of the molecule is [2H]c1c(C([2H])(C)C([2H])([2H])[2H])c(C([2H])([2H])[2H])c(C)[n+](C)c1-c1c(C)ccc2c1oc1c(-c3ccccc3)cc([N+]#[C-])cc12. The first-order chi connectivity index (χ1) is 19.5. The van der Waals surface area contributed by atoms with Crippen molar-refractivity contribution in [1.82, 2.24) is 0 Å². The molecule has 34 heavy (non-hydrogen) atoms. The largest absolute Gasteiger partial charge is 0.455 e. The molecule has 0 N–H and O–H groups in total. The predicted octanol–water partition coefficient (Wildman–Crippen LogP) is 8.34. The normalized spacial score (nSPS) is 17.4. The molecular weight excluding hydrogens is 416 g/mol. The fraction of sp³-hybridized carbons (Fsp3) is 0.226. The summed E-state index contributed by atoms with van der Waals surface area (Å²) in [5.74, 6) is -2.39. The number of fused-ring (bicyclic) bond motifs is 3. The molecule has 168 valence electrons. The molecule has 0 amide bonds. The number of aromatic nitrogens is 1. The van der Waals surface area contributed by atoms with E-state index < -0.39 is 19.6 Å². The maximum atomic E-state index is 9.30. The van der Waals surface area contributed by atoms with Crippen molar-refractivity contribution >= 4 is 27.6 Å². The van der Waals surface area contributed by atoms with Gasteiger partial charge in [-0.25, -0.2) is 4.85 Å². The van der Waals surface area contributed by atoms with Crippen LogP contribution in [0.1, 0.15) is 53.0 Å². The molecule has 3 aromatic carbocycles. The highest BCUT2D eigenvalue weighted by Crippen LogP contribution is 2.43. The van der Waals surface area contributed by atoms with Gasteiger partial charge in [-0.1, -0.05) is 56.2 Å². The smallest absolute Gasteiger partial charge is 0.216 e. The van der Waals surface area contributed by atoms with Crippen LogP contribution in [-0.4, -0.2) is 0 Å². The topological polar surface area (TPSA) is 21.4 Å². The van der Waals surface area contributed by atoms with E-state index in [-0.39, 0.29) is 28.6 Å². The average molecular weight is 454 g/mol. The Morgan fingerprint density at radius 1 is 1.09 bits per heavy atom. The molecule has 0 radical (unpaired) electrons. The van der Waals surface area contributed by atoms with Crippen LogP contribution in [0, 0.1) is 27.3 Å². The maximum absolute atomic E-state index is 9.30. The summed E-state index contributed by atoms with van der Waals surface area (Å²) in [6, 6.07) is 16.5. The molecular formula is C31H29N2O+. The quantitative estimate of drug-likeness (QED) is 0.199. The van der Waals surface area contributed by atoms with Gasteiger partial charge in [-0.3, -0.25) is 0 Å².